The van der Waals surface area contributed by atoms with Crippen molar-refractivity contribution in [1.29, 1.82) is 0 Å². The van der Waals surface area contributed by atoms with Crippen molar-refractivity contribution in [3.05, 3.63) is 34.4 Å². The van der Waals surface area contributed by atoms with E-state index in [1.54, 1.807) is 29.8 Å². The van der Waals surface area contributed by atoms with Gasteiger partial charge in [0.05, 0.1) is 11.2 Å². The van der Waals surface area contributed by atoms with E-state index in [4.69, 9.17) is 17.3 Å². The van der Waals surface area contributed by atoms with E-state index in [0.29, 0.717) is 49.0 Å². The standard InChI is InChI=1S/C16H20ClN7O2/c1-10-8-12(21-16(18)20-10)14(25)23-4-3-5-24(7-6-23)15(26)13-11(17)9-19-22(13)2/h8-9H,3-7H2,1-2H3,(H2,18,20,21). The third kappa shape index (κ3) is 3.62. The van der Waals surface area contributed by atoms with E-state index in [1.165, 1.54) is 10.9 Å². The number of aryl methyl sites for hydroxylation is 2. The SMILES string of the molecule is Cc1cc(C(=O)N2CCCN(C(=O)c3c(Cl)cnn3C)CC2)nc(N)n1. The molecule has 0 unspecified atom stereocenters. The zero-order valence-corrected chi connectivity index (χ0v) is 15.4. The van der Waals surface area contributed by atoms with E-state index < -0.39 is 0 Å². The van der Waals surface area contributed by atoms with Gasteiger partial charge in [-0.15, -0.1) is 0 Å². The zero-order chi connectivity index (χ0) is 18.8. The van der Waals surface area contributed by atoms with Gasteiger partial charge in [-0.3, -0.25) is 14.3 Å². The van der Waals surface area contributed by atoms with Gasteiger partial charge >= 0.3 is 0 Å². The molecular weight excluding hydrogens is 358 g/mol. The number of anilines is 1. The highest BCUT2D eigenvalue weighted by Gasteiger charge is 2.27. The Balaban J connectivity index is 1.72. The molecular formula is C16H20ClN7O2. The molecule has 0 spiro atoms. The highest BCUT2D eigenvalue weighted by Crippen LogP contribution is 2.18. The van der Waals surface area contributed by atoms with Crippen LogP contribution in [0.4, 0.5) is 5.95 Å². The largest absolute Gasteiger partial charge is 0.368 e. The minimum Gasteiger partial charge on any atom is -0.368 e. The van der Waals surface area contributed by atoms with Gasteiger partial charge in [-0.2, -0.15) is 5.10 Å². The van der Waals surface area contributed by atoms with Gasteiger partial charge < -0.3 is 15.5 Å². The van der Waals surface area contributed by atoms with Crippen LogP contribution in [0.25, 0.3) is 0 Å². The molecule has 1 aliphatic heterocycles. The molecule has 3 rings (SSSR count). The lowest BCUT2D eigenvalue weighted by Crippen LogP contribution is -2.38. The van der Waals surface area contributed by atoms with Crippen LogP contribution in [0.3, 0.4) is 0 Å². The number of nitrogens with zero attached hydrogens (tertiary/aromatic N) is 6. The Kier molecular flexibility index (Phi) is 5.08. The first-order chi connectivity index (χ1) is 12.4. The maximum atomic E-state index is 12.7. The number of halogens is 1. The molecule has 2 aromatic rings. The molecule has 0 aromatic carbocycles. The molecule has 0 radical (unpaired) electrons. The van der Waals surface area contributed by atoms with Crippen LogP contribution in [-0.4, -0.2) is 67.5 Å². The predicted octanol–water partition coefficient (Wildman–Crippen LogP) is 0.742. The van der Waals surface area contributed by atoms with Gasteiger partial charge in [0.25, 0.3) is 11.8 Å². The van der Waals surface area contributed by atoms with Gasteiger partial charge in [-0.05, 0) is 19.4 Å². The topological polar surface area (TPSA) is 110 Å². The maximum absolute atomic E-state index is 12.7. The molecule has 2 N–H and O–H groups in total. The quantitative estimate of drug-likeness (QED) is 0.826. The Bertz CT molecular complexity index is 811. The van der Waals surface area contributed by atoms with Gasteiger partial charge in [-0.25, -0.2) is 9.97 Å². The number of carbonyl (C=O) groups is 2. The molecule has 1 aliphatic rings. The molecule has 0 atom stereocenters. The molecule has 1 fully saturated rings. The van der Waals surface area contributed by atoms with Crippen LogP contribution in [-0.2, 0) is 7.05 Å². The predicted molar refractivity (Wildman–Crippen MR) is 95.8 cm³/mol. The molecule has 1 saturated heterocycles. The second-order valence-electron chi connectivity index (χ2n) is 6.16. The number of amides is 2. The Morgan fingerprint density at radius 2 is 1.77 bits per heavy atom. The van der Waals surface area contributed by atoms with E-state index in [0.717, 1.165) is 0 Å². The van der Waals surface area contributed by atoms with E-state index in [-0.39, 0.29) is 23.5 Å². The molecule has 9 nitrogen and oxygen atoms in total. The Labute approximate surface area is 155 Å². The highest BCUT2D eigenvalue weighted by molar-refractivity contribution is 6.33. The Hall–Kier alpha value is -2.68. The summed E-state index contributed by atoms with van der Waals surface area (Å²) in [5.74, 6) is -0.327. The fourth-order valence-corrected chi connectivity index (χ4v) is 3.23. The van der Waals surface area contributed by atoms with Gasteiger partial charge in [0, 0.05) is 38.9 Å². The van der Waals surface area contributed by atoms with Crippen LogP contribution in [0.2, 0.25) is 5.02 Å². The molecule has 138 valence electrons. The molecule has 0 bridgehead atoms. The maximum Gasteiger partial charge on any atom is 0.273 e. The summed E-state index contributed by atoms with van der Waals surface area (Å²) in [4.78, 5) is 36.8. The minimum atomic E-state index is -0.213. The van der Waals surface area contributed by atoms with Crippen molar-refractivity contribution in [2.24, 2.45) is 7.05 Å². The van der Waals surface area contributed by atoms with Crippen molar-refractivity contribution in [3.8, 4) is 0 Å². The molecule has 2 aromatic heterocycles. The number of rotatable bonds is 2. The first kappa shape index (κ1) is 18.1. The summed E-state index contributed by atoms with van der Waals surface area (Å²) in [6.07, 6.45) is 2.11. The summed E-state index contributed by atoms with van der Waals surface area (Å²) in [6.45, 7) is 3.64. The van der Waals surface area contributed by atoms with E-state index >= 15 is 0 Å². The minimum absolute atomic E-state index is 0.0748. The lowest BCUT2D eigenvalue weighted by molar-refractivity contribution is 0.0710. The number of hydrogen-bond donors (Lipinski definition) is 1. The summed E-state index contributed by atoms with van der Waals surface area (Å²) in [6, 6.07) is 1.61. The van der Waals surface area contributed by atoms with Gasteiger partial charge in [-0.1, -0.05) is 11.6 Å². The van der Waals surface area contributed by atoms with Crippen LogP contribution in [0.1, 0.15) is 33.1 Å². The first-order valence-corrected chi connectivity index (χ1v) is 8.62. The summed E-state index contributed by atoms with van der Waals surface area (Å²) in [5.41, 5.74) is 6.89. The molecule has 26 heavy (non-hydrogen) atoms. The monoisotopic (exact) mass is 377 g/mol. The van der Waals surface area contributed by atoms with Crippen molar-refractivity contribution in [2.45, 2.75) is 13.3 Å². The Morgan fingerprint density at radius 1 is 1.12 bits per heavy atom. The van der Waals surface area contributed by atoms with E-state index in [2.05, 4.69) is 15.1 Å². The first-order valence-electron chi connectivity index (χ1n) is 8.24. The fourth-order valence-electron chi connectivity index (χ4n) is 2.99. The number of nitrogens with two attached hydrogens (primary N) is 1. The van der Waals surface area contributed by atoms with Crippen molar-refractivity contribution < 1.29 is 9.59 Å². The van der Waals surface area contributed by atoms with Crippen molar-refractivity contribution in [2.75, 3.05) is 31.9 Å². The number of carbonyl (C=O) groups excluding carboxylic acids is 2. The summed E-state index contributed by atoms with van der Waals surface area (Å²) in [5, 5.41) is 4.32. The number of hydrogen-bond acceptors (Lipinski definition) is 6. The van der Waals surface area contributed by atoms with E-state index in [9.17, 15) is 9.59 Å². The lowest BCUT2D eigenvalue weighted by Gasteiger charge is -2.22. The molecule has 3 heterocycles. The summed E-state index contributed by atoms with van der Waals surface area (Å²) in [7, 11) is 1.68. The molecule has 0 aliphatic carbocycles. The Morgan fingerprint density at radius 3 is 2.35 bits per heavy atom. The molecule has 10 heteroatoms. The van der Waals surface area contributed by atoms with E-state index in [1.807, 2.05) is 0 Å². The van der Waals surface area contributed by atoms with Crippen LogP contribution >= 0.6 is 11.6 Å². The van der Waals surface area contributed by atoms with Crippen molar-refractivity contribution >= 4 is 29.4 Å². The third-order valence-corrected chi connectivity index (χ3v) is 4.53. The van der Waals surface area contributed by atoms with Gasteiger partial charge in [0.1, 0.15) is 11.4 Å². The molecule has 2 amide bonds. The summed E-state index contributed by atoms with van der Waals surface area (Å²) >= 11 is 6.07. The van der Waals surface area contributed by atoms with Crippen LogP contribution in [0, 0.1) is 6.92 Å². The van der Waals surface area contributed by atoms with Crippen molar-refractivity contribution in [3.63, 3.8) is 0 Å². The smallest absolute Gasteiger partial charge is 0.273 e. The van der Waals surface area contributed by atoms with Crippen LogP contribution in [0.15, 0.2) is 12.3 Å². The normalized spacial score (nSPS) is 15.0. The number of nitrogen functional groups attached to an aromatic ring is 1. The van der Waals surface area contributed by atoms with Crippen LogP contribution in [0.5, 0.6) is 0 Å². The zero-order valence-electron chi connectivity index (χ0n) is 14.6. The summed E-state index contributed by atoms with van der Waals surface area (Å²) < 4.78 is 1.46. The second-order valence-corrected chi connectivity index (χ2v) is 6.56. The third-order valence-electron chi connectivity index (χ3n) is 4.26. The van der Waals surface area contributed by atoms with Crippen molar-refractivity contribution in [1.82, 2.24) is 29.5 Å². The number of aromatic nitrogens is 4. The fraction of sp³-hybridized carbons (Fsp3) is 0.438. The lowest BCUT2D eigenvalue weighted by atomic mass is 10.3. The highest BCUT2D eigenvalue weighted by atomic mass is 35.5. The average Bonchev–Trinajstić information content (AvgIpc) is 2.79. The van der Waals surface area contributed by atoms with Crippen LogP contribution < -0.4 is 5.73 Å². The van der Waals surface area contributed by atoms with Gasteiger partial charge in [0.15, 0.2) is 0 Å². The molecule has 0 saturated carbocycles. The van der Waals surface area contributed by atoms with Gasteiger partial charge in [0.2, 0.25) is 5.95 Å². The average molecular weight is 378 g/mol. The second kappa shape index (κ2) is 7.28.